The van der Waals surface area contributed by atoms with Gasteiger partial charge in [0.25, 0.3) is 0 Å². The molecule has 25 heavy (non-hydrogen) atoms. The molecule has 0 aliphatic heterocycles. The summed E-state index contributed by atoms with van der Waals surface area (Å²) in [6.07, 6.45) is 1.09. The zero-order valence-corrected chi connectivity index (χ0v) is 15.9. The first-order valence-corrected chi connectivity index (χ1v) is 9.08. The molecule has 134 valence electrons. The number of hydrogen-bond acceptors (Lipinski definition) is 2. The Bertz CT molecular complexity index is 631. The maximum absolute atomic E-state index is 5.33. The standard InChI is InChI=1S/C20H27N3OS/c1-23(16-18-7-4-3-5-8-18)14-6-13-21-20(25)22-15-17-9-11-19(24-2)12-10-17/h3-5,7-12H,6,13-16H2,1-2H3,(H2,21,22,25)/p+1. The van der Waals surface area contributed by atoms with Gasteiger partial charge in [-0.1, -0.05) is 42.5 Å². The zero-order chi connectivity index (χ0) is 17.9. The Morgan fingerprint density at radius 2 is 1.72 bits per heavy atom. The first kappa shape index (κ1) is 19.2. The summed E-state index contributed by atoms with van der Waals surface area (Å²) in [5.41, 5.74) is 2.56. The van der Waals surface area contributed by atoms with Crippen molar-refractivity contribution in [3.63, 3.8) is 0 Å². The molecule has 0 amide bonds. The number of quaternary nitrogens is 1. The minimum Gasteiger partial charge on any atom is -0.497 e. The number of rotatable bonds is 9. The van der Waals surface area contributed by atoms with Gasteiger partial charge in [-0.2, -0.15) is 0 Å². The summed E-state index contributed by atoms with van der Waals surface area (Å²) in [5, 5.41) is 7.22. The van der Waals surface area contributed by atoms with Gasteiger partial charge in [-0.3, -0.25) is 0 Å². The fourth-order valence-corrected chi connectivity index (χ4v) is 2.79. The summed E-state index contributed by atoms with van der Waals surface area (Å²) < 4.78 is 5.16. The lowest BCUT2D eigenvalue weighted by Crippen LogP contribution is -3.07. The lowest BCUT2D eigenvalue weighted by atomic mass is 10.2. The van der Waals surface area contributed by atoms with E-state index in [0.29, 0.717) is 5.11 Å². The third-order valence-corrected chi connectivity index (χ3v) is 4.32. The van der Waals surface area contributed by atoms with E-state index in [-0.39, 0.29) is 0 Å². The van der Waals surface area contributed by atoms with E-state index in [1.165, 1.54) is 16.0 Å². The van der Waals surface area contributed by atoms with Gasteiger partial charge in [-0.25, -0.2) is 0 Å². The van der Waals surface area contributed by atoms with E-state index in [0.717, 1.165) is 38.3 Å². The summed E-state index contributed by atoms with van der Waals surface area (Å²) in [5.74, 6) is 0.867. The van der Waals surface area contributed by atoms with Crippen molar-refractivity contribution in [3.8, 4) is 5.75 Å². The van der Waals surface area contributed by atoms with Crippen molar-refractivity contribution in [2.75, 3.05) is 27.2 Å². The fraction of sp³-hybridized carbons (Fsp3) is 0.350. The summed E-state index contributed by atoms with van der Waals surface area (Å²) in [6.45, 7) is 3.78. The van der Waals surface area contributed by atoms with Crippen molar-refractivity contribution in [1.82, 2.24) is 10.6 Å². The Morgan fingerprint density at radius 1 is 1.00 bits per heavy atom. The van der Waals surface area contributed by atoms with Crippen molar-refractivity contribution in [2.24, 2.45) is 0 Å². The number of hydrogen-bond donors (Lipinski definition) is 3. The molecule has 0 aliphatic carbocycles. The largest absolute Gasteiger partial charge is 0.497 e. The topological polar surface area (TPSA) is 37.7 Å². The van der Waals surface area contributed by atoms with Crippen LogP contribution in [-0.2, 0) is 13.1 Å². The third kappa shape index (κ3) is 7.54. The average Bonchev–Trinajstić information content (AvgIpc) is 2.65. The molecule has 5 heteroatoms. The van der Waals surface area contributed by atoms with E-state index in [9.17, 15) is 0 Å². The van der Waals surface area contributed by atoms with Gasteiger partial charge in [0.1, 0.15) is 12.3 Å². The van der Waals surface area contributed by atoms with Crippen LogP contribution in [0.2, 0.25) is 0 Å². The van der Waals surface area contributed by atoms with E-state index in [4.69, 9.17) is 17.0 Å². The molecule has 0 bridgehead atoms. The average molecular weight is 359 g/mol. The van der Waals surface area contributed by atoms with Crippen LogP contribution in [0.3, 0.4) is 0 Å². The molecule has 3 N–H and O–H groups in total. The quantitative estimate of drug-likeness (QED) is 0.472. The van der Waals surface area contributed by atoms with Gasteiger partial charge in [-0.05, 0) is 29.9 Å². The molecule has 0 saturated heterocycles. The van der Waals surface area contributed by atoms with Crippen molar-refractivity contribution in [2.45, 2.75) is 19.5 Å². The highest BCUT2D eigenvalue weighted by atomic mass is 32.1. The summed E-state index contributed by atoms with van der Waals surface area (Å²) >= 11 is 5.33. The minimum absolute atomic E-state index is 0.705. The molecule has 2 aromatic carbocycles. The van der Waals surface area contributed by atoms with Crippen LogP contribution in [0, 0.1) is 0 Å². The molecule has 2 rings (SSSR count). The number of ether oxygens (including phenoxy) is 1. The van der Waals surface area contributed by atoms with E-state index in [2.05, 4.69) is 48.0 Å². The van der Waals surface area contributed by atoms with E-state index >= 15 is 0 Å². The number of benzene rings is 2. The molecule has 0 aromatic heterocycles. The molecule has 0 heterocycles. The highest BCUT2D eigenvalue weighted by Gasteiger charge is 2.03. The van der Waals surface area contributed by atoms with E-state index in [1.54, 1.807) is 7.11 Å². The zero-order valence-electron chi connectivity index (χ0n) is 15.0. The highest BCUT2D eigenvalue weighted by molar-refractivity contribution is 7.80. The second kappa shape index (κ2) is 10.7. The van der Waals surface area contributed by atoms with Crippen LogP contribution in [0.1, 0.15) is 17.5 Å². The molecule has 0 saturated carbocycles. The maximum Gasteiger partial charge on any atom is 0.166 e. The third-order valence-electron chi connectivity index (χ3n) is 4.03. The molecule has 1 atom stereocenters. The number of methoxy groups -OCH3 is 1. The van der Waals surface area contributed by atoms with Crippen molar-refractivity contribution in [1.29, 1.82) is 0 Å². The predicted octanol–water partition coefficient (Wildman–Crippen LogP) is 1.76. The normalized spacial score (nSPS) is 11.6. The van der Waals surface area contributed by atoms with E-state index in [1.807, 2.05) is 24.3 Å². The van der Waals surface area contributed by atoms with Crippen LogP contribution >= 0.6 is 12.2 Å². The number of thiocarbonyl (C=S) groups is 1. The van der Waals surface area contributed by atoms with Crippen LogP contribution in [0.25, 0.3) is 0 Å². The van der Waals surface area contributed by atoms with E-state index < -0.39 is 0 Å². The molecule has 0 aliphatic rings. The lowest BCUT2D eigenvalue weighted by molar-refractivity contribution is -0.893. The molecule has 0 fully saturated rings. The van der Waals surface area contributed by atoms with Crippen LogP contribution in [-0.4, -0.2) is 32.4 Å². The van der Waals surface area contributed by atoms with Crippen LogP contribution in [0.5, 0.6) is 5.75 Å². The highest BCUT2D eigenvalue weighted by Crippen LogP contribution is 2.10. The molecule has 1 unspecified atom stereocenters. The lowest BCUT2D eigenvalue weighted by Gasteiger charge is -2.15. The van der Waals surface area contributed by atoms with Crippen LogP contribution < -0.4 is 20.3 Å². The van der Waals surface area contributed by atoms with Crippen LogP contribution in [0.4, 0.5) is 0 Å². The van der Waals surface area contributed by atoms with Gasteiger partial charge in [0.15, 0.2) is 5.11 Å². The monoisotopic (exact) mass is 358 g/mol. The van der Waals surface area contributed by atoms with Gasteiger partial charge >= 0.3 is 0 Å². The molecular formula is C20H28N3OS+. The van der Waals surface area contributed by atoms with Gasteiger partial charge in [0.05, 0.1) is 20.7 Å². The summed E-state index contributed by atoms with van der Waals surface area (Å²) in [6, 6.07) is 18.6. The fourth-order valence-electron chi connectivity index (χ4n) is 2.61. The number of nitrogens with one attached hydrogen (secondary N) is 3. The smallest absolute Gasteiger partial charge is 0.166 e. The van der Waals surface area contributed by atoms with Crippen molar-refractivity contribution < 1.29 is 9.64 Å². The Kier molecular flexibility index (Phi) is 8.22. The SMILES string of the molecule is COc1ccc(CNC(=S)NCCC[NH+](C)Cc2ccccc2)cc1. The second-order valence-corrected chi connectivity index (χ2v) is 6.59. The molecular weight excluding hydrogens is 330 g/mol. The van der Waals surface area contributed by atoms with Gasteiger partial charge in [0.2, 0.25) is 0 Å². The van der Waals surface area contributed by atoms with Gasteiger partial charge in [0, 0.05) is 25.1 Å². The molecule has 0 spiro atoms. The first-order chi connectivity index (χ1) is 12.2. The molecule has 0 radical (unpaired) electrons. The Labute approximate surface area is 156 Å². The van der Waals surface area contributed by atoms with Crippen molar-refractivity contribution >= 4 is 17.3 Å². The summed E-state index contributed by atoms with van der Waals surface area (Å²) in [7, 11) is 3.90. The van der Waals surface area contributed by atoms with Crippen molar-refractivity contribution in [3.05, 3.63) is 65.7 Å². The Morgan fingerprint density at radius 3 is 2.40 bits per heavy atom. The van der Waals surface area contributed by atoms with Gasteiger partial charge < -0.3 is 20.3 Å². The second-order valence-electron chi connectivity index (χ2n) is 6.18. The van der Waals surface area contributed by atoms with Crippen LogP contribution in [0.15, 0.2) is 54.6 Å². The predicted molar refractivity (Wildman–Crippen MR) is 107 cm³/mol. The molecule has 4 nitrogen and oxygen atoms in total. The Hall–Kier alpha value is -2.11. The first-order valence-electron chi connectivity index (χ1n) is 8.67. The maximum atomic E-state index is 5.33. The van der Waals surface area contributed by atoms with Gasteiger partial charge in [-0.15, -0.1) is 0 Å². The minimum atomic E-state index is 0.705. The molecule has 2 aromatic rings. The summed E-state index contributed by atoms with van der Waals surface area (Å²) in [4.78, 5) is 1.50. The Balaban J connectivity index is 1.57.